The molecule has 4 N–H and O–H groups in total. The van der Waals surface area contributed by atoms with E-state index in [1.165, 1.54) is 82.0 Å². The third-order valence-corrected chi connectivity index (χ3v) is 6.44. The predicted octanol–water partition coefficient (Wildman–Crippen LogP) is 2.80. The molecule has 50 heavy (non-hydrogen) atoms. The minimum absolute atomic E-state index is 0.104. The van der Waals surface area contributed by atoms with Crippen molar-refractivity contribution in [3.63, 3.8) is 0 Å². The summed E-state index contributed by atoms with van der Waals surface area (Å²) in [6, 6.07) is 0. The number of unbranched alkanes of at least 4 members (excludes halogenated alkanes) is 7. The Kier molecular flexibility index (Phi) is 40.0. The summed E-state index contributed by atoms with van der Waals surface area (Å²) in [7, 11) is 0. The van der Waals surface area contributed by atoms with Gasteiger partial charge in [-0.1, -0.05) is 51.9 Å². The van der Waals surface area contributed by atoms with Gasteiger partial charge in [0.15, 0.2) is 0 Å². The van der Waals surface area contributed by atoms with E-state index in [2.05, 4.69) is 6.92 Å². The summed E-state index contributed by atoms with van der Waals surface area (Å²) in [5.41, 5.74) is 0. The van der Waals surface area contributed by atoms with Gasteiger partial charge in [0, 0.05) is 6.61 Å². The van der Waals surface area contributed by atoms with Crippen molar-refractivity contribution in [3.05, 3.63) is 37.0 Å². The molecule has 0 spiro atoms. The van der Waals surface area contributed by atoms with Crippen LogP contribution in [0.15, 0.2) is 37.0 Å². The second kappa shape index (κ2) is 41.6. The number of rotatable bonds is 41. The van der Waals surface area contributed by atoms with E-state index in [0.717, 1.165) is 13.0 Å². The largest absolute Gasteiger partial charge is 0.470 e. The molecule has 0 fully saturated rings. The highest BCUT2D eigenvalue weighted by atomic mass is 16.7. The lowest BCUT2D eigenvalue weighted by Crippen LogP contribution is -2.32. The van der Waals surface area contributed by atoms with Crippen molar-refractivity contribution in [2.75, 3.05) is 112 Å². The lowest BCUT2D eigenvalue weighted by Gasteiger charge is -2.23. The quantitative estimate of drug-likeness (QED) is 0.0410. The topological polar surface area (TPSA) is 182 Å². The van der Waals surface area contributed by atoms with Crippen molar-refractivity contribution in [3.8, 4) is 0 Å². The second-order valence-electron chi connectivity index (χ2n) is 10.6. The van der Waals surface area contributed by atoms with Gasteiger partial charge in [0.05, 0.1) is 105 Å². The van der Waals surface area contributed by atoms with Crippen molar-refractivity contribution in [2.24, 2.45) is 0 Å². The van der Waals surface area contributed by atoms with Gasteiger partial charge in [0.1, 0.15) is 19.8 Å². The van der Waals surface area contributed by atoms with E-state index in [1.807, 2.05) is 0 Å². The summed E-state index contributed by atoms with van der Waals surface area (Å²) in [5, 5.41) is 36.2. The molecule has 0 aromatic heterocycles. The molecule has 0 aliphatic rings. The number of aliphatic hydroxyl groups is 4. The zero-order valence-corrected chi connectivity index (χ0v) is 30.2. The Morgan fingerprint density at radius 1 is 0.400 bits per heavy atom. The molecule has 0 aliphatic carbocycles. The fraction of sp³-hybridized carbons (Fsp3) is 0.829. The smallest absolute Gasteiger partial charge is 0.222 e. The van der Waals surface area contributed by atoms with Gasteiger partial charge in [0.25, 0.3) is 0 Å². The number of hydrogen-bond acceptors (Lipinski definition) is 15. The van der Waals surface area contributed by atoms with E-state index in [-0.39, 0.29) is 46.2 Å². The van der Waals surface area contributed by atoms with Crippen molar-refractivity contribution in [2.45, 2.75) is 77.2 Å². The Morgan fingerprint density at radius 3 is 1.20 bits per heavy atom. The van der Waals surface area contributed by atoms with E-state index < -0.39 is 25.5 Å². The van der Waals surface area contributed by atoms with Gasteiger partial charge < -0.3 is 72.5 Å². The minimum atomic E-state index is -1.02. The van der Waals surface area contributed by atoms with Gasteiger partial charge in [-0.25, -0.2) is 0 Å². The molecule has 0 aliphatic heterocycles. The molecule has 0 saturated heterocycles. The lowest BCUT2D eigenvalue weighted by molar-refractivity contribution is -0.227. The first-order valence-corrected chi connectivity index (χ1v) is 17.8. The Morgan fingerprint density at radius 2 is 0.760 bits per heavy atom. The van der Waals surface area contributed by atoms with E-state index in [0.29, 0.717) is 52.9 Å². The molecule has 3 unspecified atom stereocenters. The van der Waals surface area contributed by atoms with E-state index >= 15 is 0 Å². The normalized spacial score (nSPS) is 13.9. The highest BCUT2D eigenvalue weighted by Crippen LogP contribution is 2.09. The fourth-order valence-electron chi connectivity index (χ4n) is 3.88. The van der Waals surface area contributed by atoms with Crippen LogP contribution in [-0.4, -0.2) is 152 Å². The zero-order valence-electron chi connectivity index (χ0n) is 30.2. The molecule has 15 heteroatoms. The summed E-state index contributed by atoms with van der Waals surface area (Å²) < 4.78 is 60.6. The standard InChI is InChI=1S/C35H66O15/c1-2-3-4-5-6-7-8-9-16-40-20-21-41-22-23-42-24-25-43-26-27-44-28-29-48-34(46-18-11-14-37)31-50-35(47-19-12-15-38)32-49-33(30-39)45-17-10-13-36/h10-12,17-19,33-39H,2-9,13-16,20-32H2,1H3/b17-10+,18-11+,19-12+. The van der Waals surface area contributed by atoms with Crippen molar-refractivity contribution in [1.29, 1.82) is 0 Å². The number of aliphatic hydroxyl groups excluding tert-OH is 4. The van der Waals surface area contributed by atoms with Gasteiger partial charge in [-0.2, -0.15) is 0 Å². The van der Waals surface area contributed by atoms with Crippen molar-refractivity contribution < 1.29 is 72.5 Å². The van der Waals surface area contributed by atoms with Crippen molar-refractivity contribution in [1.82, 2.24) is 0 Å². The maximum Gasteiger partial charge on any atom is 0.222 e. The second-order valence-corrected chi connectivity index (χ2v) is 10.6. The monoisotopic (exact) mass is 726 g/mol. The zero-order chi connectivity index (χ0) is 36.4. The molecule has 3 atom stereocenters. The Hall–Kier alpha value is -1.86. The molecule has 0 saturated carbocycles. The van der Waals surface area contributed by atoms with Crippen LogP contribution in [0.3, 0.4) is 0 Å². The highest BCUT2D eigenvalue weighted by molar-refractivity contribution is 4.74. The maximum atomic E-state index is 9.42. The molecule has 296 valence electrons. The Labute approximate surface area is 299 Å². The molecule has 0 aromatic rings. The van der Waals surface area contributed by atoms with Crippen LogP contribution in [0.4, 0.5) is 0 Å². The molecule has 0 bridgehead atoms. The molecule has 0 rings (SSSR count). The molecule has 0 aromatic carbocycles. The minimum Gasteiger partial charge on any atom is -0.470 e. The summed E-state index contributed by atoms with van der Waals surface area (Å²) in [6.45, 7) is 5.92. The summed E-state index contributed by atoms with van der Waals surface area (Å²) in [4.78, 5) is 0. The third kappa shape index (κ3) is 35.9. The van der Waals surface area contributed by atoms with Crippen LogP contribution >= 0.6 is 0 Å². The lowest BCUT2D eigenvalue weighted by atomic mass is 10.1. The molecule has 0 heterocycles. The van der Waals surface area contributed by atoms with E-state index in [4.69, 9.17) is 67.4 Å². The van der Waals surface area contributed by atoms with Gasteiger partial charge >= 0.3 is 0 Å². The van der Waals surface area contributed by atoms with Crippen LogP contribution in [-0.2, 0) is 52.1 Å². The van der Waals surface area contributed by atoms with Crippen LogP contribution < -0.4 is 0 Å². The molecule has 0 radical (unpaired) electrons. The maximum absolute atomic E-state index is 9.42. The third-order valence-electron chi connectivity index (χ3n) is 6.44. The van der Waals surface area contributed by atoms with E-state index in [9.17, 15) is 5.11 Å². The summed E-state index contributed by atoms with van der Waals surface area (Å²) in [6.07, 6.45) is 15.3. The van der Waals surface area contributed by atoms with Gasteiger partial charge in [-0.05, 0) is 24.6 Å². The summed E-state index contributed by atoms with van der Waals surface area (Å²) >= 11 is 0. The van der Waals surface area contributed by atoms with Gasteiger partial charge in [0.2, 0.25) is 18.9 Å². The van der Waals surface area contributed by atoms with E-state index in [1.54, 1.807) is 0 Å². The van der Waals surface area contributed by atoms with Crippen LogP contribution in [0.2, 0.25) is 0 Å². The van der Waals surface area contributed by atoms with Crippen LogP contribution in [0.5, 0.6) is 0 Å². The SMILES string of the molecule is CCCCCCCCCCOCCOCCOCCOCCOCCOC(COC(COC(CO)O/C=C/CO)O/C=C/CO)O/C=C/CO. The average Bonchev–Trinajstić information content (AvgIpc) is 3.13. The number of hydrogen-bond donors (Lipinski definition) is 4. The van der Waals surface area contributed by atoms with Gasteiger partial charge in [-0.3, -0.25) is 0 Å². The van der Waals surface area contributed by atoms with Gasteiger partial charge in [-0.15, -0.1) is 0 Å². The van der Waals surface area contributed by atoms with Crippen LogP contribution in [0, 0.1) is 0 Å². The van der Waals surface area contributed by atoms with Crippen LogP contribution in [0.25, 0.3) is 0 Å². The number of ether oxygens (including phenoxy) is 11. The predicted molar refractivity (Wildman–Crippen MR) is 185 cm³/mol. The average molecular weight is 727 g/mol. The summed E-state index contributed by atoms with van der Waals surface area (Å²) in [5.74, 6) is 0. The highest BCUT2D eigenvalue weighted by Gasteiger charge is 2.18. The molecule has 0 amide bonds. The molecular formula is C35H66O15. The Bertz CT molecular complexity index is 741. The first-order chi connectivity index (χ1) is 24.7. The molecular weight excluding hydrogens is 660 g/mol. The van der Waals surface area contributed by atoms with Crippen LogP contribution in [0.1, 0.15) is 58.3 Å². The fourth-order valence-corrected chi connectivity index (χ4v) is 3.88. The Balaban J connectivity index is 3.96. The molecule has 15 nitrogen and oxygen atoms in total. The van der Waals surface area contributed by atoms with Crippen molar-refractivity contribution >= 4 is 0 Å². The first-order valence-electron chi connectivity index (χ1n) is 17.8. The first kappa shape index (κ1) is 48.1.